The van der Waals surface area contributed by atoms with Crippen molar-refractivity contribution in [1.29, 1.82) is 0 Å². The first kappa shape index (κ1) is 16.6. The molecule has 1 amide bonds. The molecule has 0 aromatic carbocycles. The van der Waals surface area contributed by atoms with Crippen molar-refractivity contribution in [2.24, 2.45) is 5.73 Å². The van der Waals surface area contributed by atoms with Crippen molar-refractivity contribution in [2.45, 2.75) is 0 Å². The fourth-order valence-corrected chi connectivity index (χ4v) is 0. The Kier molecular flexibility index (Phi) is 26.6. The zero-order valence-electron chi connectivity index (χ0n) is 6.28. The maximum absolute atomic E-state index is 9.43. The molecule has 0 spiro atoms. The first-order valence-corrected chi connectivity index (χ1v) is 3.25. The Balaban J connectivity index is -0.0000000910. The van der Waals surface area contributed by atoms with E-state index in [-0.39, 0.29) is 12.4 Å². The Bertz CT molecular complexity index is 61.6. The molecule has 0 aromatic heterocycles. The molecule has 10 heavy (non-hydrogen) atoms. The number of thiol groups is 1. The second kappa shape index (κ2) is 16.0. The van der Waals surface area contributed by atoms with Crippen LogP contribution < -0.4 is 5.73 Å². The van der Waals surface area contributed by atoms with E-state index in [2.05, 4.69) is 12.6 Å². The van der Waals surface area contributed by atoms with E-state index in [4.69, 9.17) is 5.73 Å². The lowest BCUT2D eigenvalue weighted by Crippen LogP contribution is -2.06. The Labute approximate surface area is 73.8 Å². The van der Waals surface area contributed by atoms with E-state index in [0.29, 0.717) is 6.54 Å². The topological polar surface area (TPSA) is 46.3 Å². The number of hydrogen-bond acceptors (Lipinski definition) is 3. The molecule has 5 heteroatoms. The first-order chi connectivity index (χ1) is 4.18. The number of amides is 1. The summed E-state index contributed by atoms with van der Waals surface area (Å²) in [6.07, 6.45) is 0.750. The van der Waals surface area contributed by atoms with Crippen LogP contribution in [0.25, 0.3) is 0 Å². The molecule has 3 nitrogen and oxygen atoms in total. The summed E-state index contributed by atoms with van der Waals surface area (Å²) in [6.45, 7) is 0.684. The molecule has 0 saturated carbocycles. The highest BCUT2D eigenvalue weighted by Crippen LogP contribution is 1.58. The summed E-state index contributed by atoms with van der Waals surface area (Å²) in [5.41, 5.74) is 4.95. The molecule has 64 valence electrons. The number of hydrogen-bond donors (Lipinski definition) is 2. The van der Waals surface area contributed by atoms with Crippen LogP contribution in [0.2, 0.25) is 0 Å². The van der Waals surface area contributed by atoms with Crippen molar-refractivity contribution in [2.75, 3.05) is 26.4 Å². The summed E-state index contributed by atoms with van der Waals surface area (Å²) in [5.74, 6) is 0.792. The van der Waals surface area contributed by atoms with Gasteiger partial charge in [-0.3, -0.25) is 4.79 Å². The smallest absolute Gasteiger partial charge is 0.209 e. The van der Waals surface area contributed by atoms with E-state index in [0.717, 1.165) is 12.2 Å². The van der Waals surface area contributed by atoms with E-state index >= 15 is 0 Å². The third-order valence-corrected chi connectivity index (χ3v) is 0.598. The molecule has 0 aliphatic heterocycles. The lowest BCUT2D eigenvalue weighted by Gasteiger charge is -1.93. The molecular formula is C5H15ClN2OS. The normalized spacial score (nSPS) is 6.40. The van der Waals surface area contributed by atoms with Gasteiger partial charge in [-0.05, 0) is 0 Å². The Morgan fingerprint density at radius 3 is 1.80 bits per heavy atom. The number of carbonyl (C=O) groups excluding carboxylic acids is 1. The zero-order valence-corrected chi connectivity index (χ0v) is 7.99. The molecule has 0 fully saturated rings. The van der Waals surface area contributed by atoms with Gasteiger partial charge in [-0.2, -0.15) is 12.6 Å². The fraction of sp³-hybridized carbons (Fsp3) is 0.800. The Hall–Kier alpha value is 0.0700. The third-order valence-electron chi connectivity index (χ3n) is 0.340. The van der Waals surface area contributed by atoms with Gasteiger partial charge >= 0.3 is 0 Å². The number of nitrogens with zero attached hydrogens (tertiary/aromatic N) is 1. The molecule has 0 aromatic rings. The molecule has 0 bridgehead atoms. The van der Waals surface area contributed by atoms with Gasteiger partial charge in [0.1, 0.15) is 0 Å². The van der Waals surface area contributed by atoms with Crippen LogP contribution in [0.4, 0.5) is 0 Å². The molecule has 0 radical (unpaired) electrons. The molecule has 0 aliphatic rings. The maximum Gasteiger partial charge on any atom is 0.209 e. The van der Waals surface area contributed by atoms with Gasteiger partial charge < -0.3 is 10.6 Å². The van der Waals surface area contributed by atoms with Crippen LogP contribution in [-0.2, 0) is 4.79 Å². The summed E-state index contributed by atoms with van der Waals surface area (Å²) in [6, 6.07) is 0. The summed E-state index contributed by atoms with van der Waals surface area (Å²) >= 11 is 3.80. The molecule has 0 aliphatic carbocycles. The summed E-state index contributed by atoms with van der Waals surface area (Å²) < 4.78 is 0. The molecule has 0 rings (SSSR count). The molecule has 2 N–H and O–H groups in total. The monoisotopic (exact) mass is 186 g/mol. The van der Waals surface area contributed by atoms with Crippen LogP contribution in [0.15, 0.2) is 0 Å². The number of rotatable bonds is 2. The summed E-state index contributed by atoms with van der Waals surface area (Å²) in [5, 5.41) is 0. The van der Waals surface area contributed by atoms with Gasteiger partial charge in [-0.15, -0.1) is 12.4 Å². The maximum atomic E-state index is 9.43. The predicted molar refractivity (Wildman–Crippen MR) is 49.9 cm³/mol. The van der Waals surface area contributed by atoms with E-state index in [1.807, 2.05) is 0 Å². The zero-order chi connectivity index (χ0) is 7.70. The summed E-state index contributed by atoms with van der Waals surface area (Å²) in [4.78, 5) is 10.9. The fourth-order valence-electron chi connectivity index (χ4n) is 0. The van der Waals surface area contributed by atoms with Crippen LogP contribution in [-0.4, -0.2) is 37.7 Å². The largest absolute Gasteiger partial charge is 0.351 e. The van der Waals surface area contributed by atoms with Crippen molar-refractivity contribution in [3.05, 3.63) is 0 Å². The average molecular weight is 187 g/mol. The lowest BCUT2D eigenvalue weighted by molar-refractivity contribution is -0.115. The van der Waals surface area contributed by atoms with Gasteiger partial charge in [0.25, 0.3) is 0 Å². The van der Waals surface area contributed by atoms with Crippen molar-refractivity contribution in [3.8, 4) is 0 Å². The van der Waals surface area contributed by atoms with Gasteiger partial charge in [-0.25, -0.2) is 0 Å². The van der Waals surface area contributed by atoms with Crippen LogP contribution >= 0.6 is 25.0 Å². The van der Waals surface area contributed by atoms with Crippen molar-refractivity contribution in [1.82, 2.24) is 4.90 Å². The quantitative estimate of drug-likeness (QED) is 0.471. The standard InChI is InChI=1S/C3H7NO.C2H7NS.ClH/c1-4(2)3-5;3-1-2-4;/h3H,1-2H3;4H,1-3H2;1H. The van der Waals surface area contributed by atoms with Gasteiger partial charge in [-0.1, -0.05) is 0 Å². The Morgan fingerprint density at radius 2 is 1.80 bits per heavy atom. The highest BCUT2D eigenvalue weighted by atomic mass is 35.5. The molecule has 0 unspecified atom stereocenters. The minimum Gasteiger partial charge on any atom is -0.351 e. The van der Waals surface area contributed by atoms with Crippen LogP contribution in [0, 0.1) is 0 Å². The molecule has 0 saturated heterocycles. The SMILES string of the molecule is CN(C)C=O.Cl.NCCS. The second-order valence-corrected chi connectivity index (χ2v) is 2.03. The van der Waals surface area contributed by atoms with E-state index < -0.39 is 0 Å². The van der Waals surface area contributed by atoms with Gasteiger partial charge in [0.2, 0.25) is 6.41 Å². The van der Waals surface area contributed by atoms with Crippen molar-refractivity contribution < 1.29 is 4.79 Å². The lowest BCUT2D eigenvalue weighted by atomic mass is 10.8. The highest BCUT2D eigenvalue weighted by molar-refractivity contribution is 7.80. The van der Waals surface area contributed by atoms with E-state index in [1.165, 1.54) is 4.90 Å². The minimum absolute atomic E-state index is 0. The van der Waals surface area contributed by atoms with Crippen LogP contribution in [0.5, 0.6) is 0 Å². The highest BCUT2D eigenvalue weighted by Gasteiger charge is 1.68. The van der Waals surface area contributed by atoms with Crippen molar-refractivity contribution in [3.63, 3.8) is 0 Å². The predicted octanol–water partition coefficient (Wildman–Crippen LogP) is 0.00110. The summed E-state index contributed by atoms with van der Waals surface area (Å²) in [7, 11) is 3.38. The number of nitrogens with two attached hydrogens (primary N) is 1. The number of halogens is 1. The van der Waals surface area contributed by atoms with Crippen LogP contribution in [0.1, 0.15) is 0 Å². The average Bonchev–Trinajstić information content (AvgIpc) is 1.89. The van der Waals surface area contributed by atoms with Crippen LogP contribution in [0.3, 0.4) is 0 Å². The molecular weight excluding hydrogens is 172 g/mol. The minimum atomic E-state index is 0. The van der Waals surface area contributed by atoms with Crippen molar-refractivity contribution >= 4 is 31.4 Å². The van der Waals surface area contributed by atoms with Gasteiger partial charge in [0, 0.05) is 26.4 Å². The van der Waals surface area contributed by atoms with Gasteiger partial charge in [0.05, 0.1) is 0 Å². The molecule has 0 atom stereocenters. The number of carbonyl (C=O) groups is 1. The van der Waals surface area contributed by atoms with Gasteiger partial charge in [0.15, 0.2) is 0 Å². The second-order valence-electron chi connectivity index (χ2n) is 1.58. The Morgan fingerprint density at radius 1 is 1.60 bits per heavy atom. The molecule has 0 heterocycles. The van der Waals surface area contributed by atoms with E-state index in [1.54, 1.807) is 14.1 Å². The van der Waals surface area contributed by atoms with E-state index in [9.17, 15) is 4.79 Å². The third kappa shape index (κ3) is 42.8. The first-order valence-electron chi connectivity index (χ1n) is 2.61.